The Morgan fingerprint density at radius 3 is 2.89 bits per heavy atom. The molecule has 0 spiro atoms. The standard InChI is InChI=1S/C19H22ClN5O2/c1-4-27-18(26)10-15-11-23-19(14-5-6-16(20)13(2)9-14)25(15)17(24-12-21)7-8-22-3/h5-9,11H,3-4,10,12,21H2,1-2H3/b8-7-,24-17+. The van der Waals surface area contributed by atoms with Gasteiger partial charge in [0.25, 0.3) is 0 Å². The van der Waals surface area contributed by atoms with Crippen LogP contribution >= 0.6 is 11.6 Å². The lowest BCUT2D eigenvalue weighted by Gasteiger charge is -2.13. The summed E-state index contributed by atoms with van der Waals surface area (Å²) in [5.41, 5.74) is 7.99. The molecule has 0 fully saturated rings. The summed E-state index contributed by atoms with van der Waals surface area (Å²) in [5.74, 6) is 0.745. The molecule has 2 aromatic rings. The molecule has 0 unspecified atom stereocenters. The monoisotopic (exact) mass is 387 g/mol. The van der Waals surface area contributed by atoms with Gasteiger partial charge in [-0.25, -0.2) is 4.98 Å². The number of allylic oxidation sites excluding steroid dienone is 1. The third-order valence-corrected chi connectivity index (χ3v) is 4.12. The average molecular weight is 388 g/mol. The van der Waals surface area contributed by atoms with Crippen LogP contribution in [0.15, 0.2) is 46.7 Å². The molecule has 0 amide bonds. The molecule has 1 aromatic heterocycles. The Labute approximate surface area is 163 Å². The molecule has 0 radical (unpaired) electrons. The zero-order valence-electron chi connectivity index (χ0n) is 15.4. The number of nitrogens with zero attached hydrogens (tertiary/aromatic N) is 4. The molecule has 2 rings (SSSR count). The van der Waals surface area contributed by atoms with Crippen molar-refractivity contribution >= 4 is 30.1 Å². The first-order chi connectivity index (χ1) is 13.0. The first kappa shape index (κ1) is 20.5. The van der Waals surface area contributed by atoms with Crippen LogP contribution < -0.4 is 5.73 Å². The van der Waals surface area contributed by atoms with E-state index in [1.807, 2.05) is 19.1 Å². The van der Waals surface area contributed by atoms with Crippen LogP contribution in [0.2, 0.25) is 5.02 Å². The van der Waals surface area contributed by atoms with Crippen LogP contribution in [0.4, 0.5) is 0 Å². The summed E-state index contributed by atoms with van der Waals surface area (Å²) in [6.45, 7) is 7.48. The molecular formula is C19H22ClN5O2. The van der Waals surface area contributed by atoms with Crippen molar-refractivity contribution in [3.63, 3.8) is 0 Å². The summed E-state index contributed by atoms with van der Waals surface area (Å²) in [5, 5.41) is 0.662. The van der Waals surface area contributed by atoms with Crippen LogP contribution in [0, 0.1) is 6.92 Å². The maximum absolute atomic E-state index is 12.0. The van der Waals surface area contributed by atoms with Gasteiger partial charge in [-0.15, -0.1) is 0 Å². The Bertz CT molecular complexity index is 886. The van der Waals surface area contributed by atoms with Crippen LogP contribution in [-0.4, -0.2) is 41.3 Å². The van der Waals surface area contributed by atoms with Crippen LogP contribution in [-0.2, 0) is 16.0 Å². The molecule has 1 aromatic carbocycles. The number of carbonyl (C=O) groups is 1. The summed E-state index contributed by atoms with van der Waals surface area (Å²) >= 11 is 6.14. The topological polar surface area (TPSA) is 94.9 Å². The molecule has 0 aliphatic carbocycles. The molecule has 7 nitrogen and oxygen atoms in total. The van der Waals surface area contributed by atoms with Crippen molar-refractivity contribution in [3.05, 3.63) is 53.0 Å². The first-order valence-electron chi connectivity index (χ1n) is 8.37. The normalized spacial score (nSPS) is 11.8. The first-order valence-corrected chi connectivity index (χ1v) is 8.75. The largest absolute Gasteiger partial charge is 0.466 e. The van der Waals surface area contributed by atoms with Crippen molar-refractivity contribution < 1.29 is 9.53 Å². The van der Waals surface area contributed by atoms with Gasteiger partial charge in [-0.1, -0.05) is 11.6 Å². The molecule has 0 atom stereocenters. The van der Waals surface area contributed by atoms with Crippen molar-refractivity contribution in [1.82, 2.24) is 9.55 Å². The predicted octanol–water partition coefficient (Wildman–Crippen LogP) is 2.99. The van der Waals surface area contributed by atoms with Crippen molar-refractivity contribution in [2.75, 3.05) is 13.3 Å². The minimum Gasteiger partial charge on any atom is -0.466 e. The average Bonchev–Trinajstić information content (AvgIpc) is 3.04. The molecule has 0 aliphatic heterocycles. The minimum absolute atomic E-state index is 0.0480. The molecule has 0 saturated carbocycles. The van der Waals surface area contributed by atoms with Gasteiger partial charge in [-0.2, -0.15) is 0 Å². The van der Waals surface area contributed by atoms with Gasteiger partial charge >= 0.3 is 5.97 Å². The van der Waals surface area contributed by atoms with E-state index in [9.17, 15) is 4.79 Å². The van der Waals surface area contributed by atoms with Gasteiger partial charge in [0, 0.05) is 23.0 Å². The third kappa shape index (κ3) is 5.12. The molecule has 2 N–H and O–H groups in total. The molecule has 27 heavy (non-hydrogen) atoms. The summed E-state index contributed by atoms with van der Waals surface area (Å²) in [7, 11) is 0. The molecule has 1 heterocycles. The Morgan fingerprint density at radius 2 is 2.26 bits per heavy atom. The van der Waals surface area contributed by atoms with Crippen LogP contribution in [0.5, 0.6) is 0 Å². The highest BCUT2D eigenvalue weighted by molar-refractivity contribution is 6.31. The van der Waals surface area contributed by atoms with Gasteiger partial charge in [0.2, 0.25) is 0 Å². The van der Waals surface area contributed by atoms with Gasteiger partial charge in [0.1, 0.15) is 11.7 Å². The zero-order chi connectivity index (χ0) is 19.8. The quantitative estimate of drug-likeness (QED) is 0.448. The number of rotatable bonds is 7. The number of hydrogen-bond acceptors (Lipinski definition) is 6. The van der Waals surface area contributed by atoms with Crippen LogP contribution in [0.25, 0.3) is 11.4 Å². The van der Waals surface area contributed by atoms with Gasteiger partial charge in [-0.05, 0) is 50.4 Å². The highest BCUT2D eigenvalue weighted by Crippen LogP contribution is 2.25. The number of halogens is 1. The summed E-state index contributed by atoms with van der Waals surface area (Å²) in [4.78, 5) is 24.5. The van der Waals surface area contributed by atoms with E-state index in [-0.39, 0.29) is 19.1 Å². The number of ether oxygens (including phenoxy) is 1. The van der Waals surface area contributed by atoms with Crippen LogP contribution in [0.1, 0.15) is 18.2 Å². The lowest BCUT2D eigenvalue weighted by molar-refractivity contribution is -0.142. The maximum Gasteiger partial charge on any atom is 0.311 e. The number of imidazole rings is 1. The number of carbonyl (C=O) groups excluding carboxylic acids is 1. The lowest BCUT2D eigenvalue weighted by Crippen LogP contribution is -2.19. The van der Waals surface area contributed by atoms with Crippen LogP contribution in [0.3, 0.4) is 0 Å². The molecule has 0 saturated heterocycles. The predicted molar refractivity (Wildman–Crippen MR) is 108 cm³/mol. The Hall–Kier alpha value is -2.77. The van der Waals surface area contributed by atoms with E-state index in [0.29, 0.717) is 29.0 Å². The summed E-state index contributed by atoms with van der Waals surface area (Å²) in [6.07, 6.45) is 4.83. The fourth-order valence-corrected chi connectivity index (χ4v) is 2.64. The van der Waals surface area contributed by atoms with Crippen molar-refractivity contribution in [2.45, 2.75) is 20.3 Å². The summed E-state index contributed by atoms with van der Waals surface area (Å²) in [6, 6.07) is 5.58. The second-order valence-electron chi connectivity index (χ2n) is 5.55. The third-order valence-electron chi connectivity index (χ3n) is 3.69. The fraction of sp³-hybridized carbons (Fsp3) is 0.263. The number of esters is 1. The van der Waals surface area contributed by atoms with E-state index in [0.717, 1.165) is 11.1 Å². The Kier molecular flexibility index (Phi) is 7.45. The number of hydrogen-bond donors (Lipinski definition) is 1. The molecule has 0 bridgehead atoms. The molecule has 0 aliphatic rings. The van der Waals surface area contributed by atoms with E-state index >= 15 is 0 Å². The number of nitrogens with two attached hydrogens (primary N) is 1. The van der Waals surface area contributed by atoms with E-state index < -0.39 is 0 Å². The second-order valence-corrected chi connectivity index (χ2v) is 5.96. The van der Waals surface area contributed by atoms with Gasteiger partial charge < -0.3 is 10.5 Å². The lowest BCUT2D eigenvalue weighted by atomic mass is 10.1. The number of aryl methyl sites for hydroxylation is 1. The van der Waals surface area contributed by atoms with Gasteiger partial charge in [0.15, 0.2) is 0 Å². The van der Waals surface area contributed by atoms with E-state index in [2.05, 4.69) is 21.7 Å². The highest BCUT2D eigenvalue weighted by atomic mass is 35.5. The van der Waals surface area contributed by atoms with Gasteiger partial charge in [0.05, 0.1) is 25.4 Å². The number of aliphatic imine (C=N–C) groups is 2. The van der Waals surface area contributed by atoms with Crippen molar-refractivity contribution in [3.8, 4) is 11.4 Å². The van der Waals surface area contributed by atoms with Crippen molar-refractivity contribution in [1.29, 1.82) is 0 Å². The molecular weight excluding hydrogens is 366 g/mol. The zero-order valence-corrected chi connectivity index (χ0v) is 16.1. The SMILES string of the molecule is C=N/C=C\C(=N/CN)n1c(CC(=O)OCC)cnc1-c1ccc(Cl)c(C)c1. The van der Waals surface area contributed by atoms with Crippen molar-refractivity contribution in [2.24, 2.45) is 15.7 Å². The smallest absolute Gasteiger partial charge is 0.311 e. The van der Waals surface area contributed by atoms with E-state index in [1.54, 1.807) is 29.8 Å². The fourth-order valence-electron chi connectivity index (χ4n) is 2.53. The molecule has 142 valence electrons. The summed E-state index contributed by atoms with van der Waals surface area (Å²) < 4.78 is 6.82. The molecule has 8 heteroatoms. The Morgan fingerprint density at radius 1 is 1.48 bits per heavy atom. The minimum atomic E-state index is -0.351. The number of benzene rings is 1. The Balaban J connectivity index is 2.62. The van der Waals surface area contributed by atoms with E-state index in [4.69, 9.17) is 22.1 Å². The van der Waals surface area contributed by atoms with Gasteiger partial charge in [-0.3, -0.25) is 19.3 Å². The second kappa shape index (κ2) is 9.80. The highest BCUT2D eigenvalue weighted by Gasteiger charge is 2.18. The van der Waals surface area contributed by atoms with E-state index in [1.165, 1.54) is 6.20 Å². The maximum atomic E-state index is 12.0. The number of aromatic nitrogens is 2.